The summed E-state index contributed by atoms with van der Waals surface area (Å²) < 4.78 is 2.16. The third kappa shape index (κ3) is 4.84. The monoisotopic (exact) mass is 445 g/mol. The van der Waals surface area contributed by atoms with E-state index in [-0.39, 0.29) is 11.6 Å². The van der Waals surface area contributed by atoms with Gasteiger partial charge in [-0.3, -0.25) is 14.9 Å². The number of thioether (sulfide) groups is 1. The first-order valence-electron chi connectivity index (χ1n) is 10.3. The summed E-state index contributed by atoms with van der Waals surface area (Å²) in [6.45, 7) is 3.28. The minimum Gasteiger partial charge on any atom is -0.350 e. The third-order valence-corrected chi connectivity index (χ3v) is 6.51. The van der Waals surface area contributed by atoms with E-state index in [2.05, 4.69) is 59.4 Å². The number of carbonyl (C=O) groups excluding carboxylic acids is 1. The maximum atomic E-state index is 12.4. The molecule has 1 unspecified atom stereocenters. The summed E-state index contributed by atoms with van der Waals surface area (Å²) in [5.41, 5.74) is 2.78. The highest BCUT2D eigenvalue weighted by molar-refractivity contribution is 7.99. The predicted octanol–water partition coefficient (Wildman–Crippen LogP) is 5.83. The van der Waals surface area contributed by atoms with Crippen molar-refractivity contribution in [1.29, 1.82) is 0 Å². The van der Waals surface area contributed by atoms with E-state index in [0.29, 0.717) is 23.9 Å². The van der Waals surface area contributed by atoms with Crippen LogP contribution in [0.3, 0.4) is 0 Å². The van der Waals surface area contributed by atoms with Crippen LogP contribution < -0.4 is 5.32 Å². The van der Waals surface area contributed by atoms with Gasteiger partial charge in [-0.1, -0.05) is 48.5 Å². The fourth-order valence-electron chi connectivity index (χ4n) is 3.60. The molecule has 0 aliphatic carbocycles. The lowest BCUT2D eigenvalue weighted by Crippen LogP contribution is -2.27. The van der Waals surface area contributed by atoms with Gasteiger partial charge in [0.05, 0.1) is 4.92 Å². The van der Waals surface area contributed by atoms with Crippen molar-refractivity contribution in [3.05, 3.63) is 106 Å². The van der Waals surface area contributed by atoms with Gasteiger partial charge in [0.2, 0.25) is 0 Å². The molecule has 0 aliphatic rings. The van der Waals surface area contributed by atoms with Crippen LogP contribution in [-0.2, 0) is 6.54 Å². The Bertz CT molecular complexity index is 1240. The van der Waals surface area contributed by atoms with Crippen LogP contribution in [-0.4, -0.2) is 21.9 Å². The second kappa shape index (κ2) is 9.70. The summed E-state index contributed by atoms with van der Waals surface area (Å²) >= 11 is 1.82. The van der Waals surface area contributed by atoms with Crippen LogP contribution in [0.4, 0.5) is 5.69 Å². The predicted molar refractivity (Wildman–Crippen MR) is 128 cm³/mol. The highest BCUT2D eigenvalue weighted by atomic mass is 32.2. The highest BCUT2D eigenvalue weighted by Gasteiger charge is 2.14. The summed E-state index contributed by atoms with van der Waals surface area (Å²) in [5, 5.41) is 15.2. The lowest BCUT2D eigenvalue weighted by Gasteiger charge is -2.10. The fraction of sp³-hybridized carbons (Fsp3) is 0.160. The Morgan fingerprint density at radius 1 is 1.03 bits per heavy atom. The van der Waals surface area contributed by atoms with E-state index in [1.807, 2.05) is 30.0 Å². The normalized spacial score (nSPS) is 11.9. The number of benzene rings is 3. The molecule has 1 aromatic heterocycles. The topological polar surface area (TPSA) is 77.2 Å². The van der Waals surface area contributed by atoms with Crippen LogP contribution in [0.25, 0.3) is 10.9 Å². The van der Waals surface area contributed by atoms with Gasteiger partial charge >= 0.3 is 0 Å². The number of carbonyl (C=O) groups is 1. The summed E-state index contributed by atoms with van der Waals surface area (Å²) in [6.07, 6.45) is 2.15. The number of amides is 1. The van der Waals surface area contributed by atoms with Crippen LogP contribution in [0.15, 0.2) is 90.0 Å². The van der Waals surface area contributed by atoms with Gasteiger partial charge in [0.25, 0.3) is 11.6 Å². The zero-order valence-corrected chi connectivity index (χ0v) is 18.4. The molecule has 0 radical (unpaired) electrons. The summed E-state index contributed by atoms with van der Waals surface area (Å²) in [7, 11) is 0. The number of aromatic nitrogens is 1. The lowest BCUT2D eigenvalue weighted by molar-refractivity contribution is -0.384. The van der Waals surface area contributed by atoms with Gasteiger partial charge in [-0.25, -0.2) is 0 Å². The van der Waals surface area contributed by atoms with E-state index >= 15 is 0 Å². The number of para-hydroxylation sites is 1. The van der Waals surface area contributed by atoms with E-state index in [1.54, 1.807) is 0 Å². The van der Waals surface area contributed by atoms with Crippen molar-refractivity contribution in [1.82, 2.24) is 9.88 Å². The number of nitro benzene ring substituents is 1. The first kappa shape index (κ1) is 21.6. The van der Waals surface area contributed by atoms with Crippen LogP contribution in [0, 0.1) is 10.1 Å². The second-order valence-electron chi connectivity index (χ2n) is 7.43. The third-order valence-electron chi connectivity index (χ3n) is 5.30. The zero-order valence-electron chi connectivity index (χ0n) is 17.6. The molecule has 1 amide bonds. The molecule has 1 heterocycles. The standard InChI is InChI=1S/C25H23N3O3S/c1-18(19-7-3-2-4-8-19)32-24-17-27(23-10-6-5-9-22(23)24)16-15-26-25(29)20-11-13-21(14-12-20)28(30)31/h2-14,17-18H,15-16H2,1H3,(H,26,29). The number of non-ortho nitro benzene ring substituents is 1. The highest BCUT2D eigenvalue weighted by Crippen LogP contribution is 2.39. The summed E-state index contributed by atoms with van der Waals surface area (Å²) in [4.78, 5) is 23.9. The molecule has 0 fully saturated rings. The Balaban J connectivity index is 1.44. The van der Waals surface area contributed by atoms with Gasteiger partial charge in [0.15, 0.2) is 0 Å². The van der Waals surface area contributed by atoms with Crippen LogP contribution in [0.2, 0.25) is 0 Å². The molecule has 4 aromatic rings. The lowest BCUT2D eigenvalue weighted by atomic mass is 10.2. The Kier molecular flexibility index (Phi) is 6.56. The quantitative estimate of drug-likeness (QED) is 0.210. The van der Waals surface area contributed by atoms with Gasteiger partial charge in [-0.15, -0.1) is 11.8 Å². The van der Waals surface area contributed by atoms with Gasteiger partial charge in [-0.2, -0.15) is 0 Å². The number of fused-ring (bicyclic) bond motifs is 1. The number of hydrogen-bond acceptors (Lipinski definition) is 4. The van der Waals surface area contributed by atoms with Crippen molar-refractivity contribution >= 4 is 34.3 Å². The van der Waals surface area contributed by atoms with E-state index in [9.17, 15) is 14.9 Å². The van der Waals surface area contributed by atoms with Crippen molar-refractivity contribution in [2.45, 2.75) is 23.6 Å². The molecular formula is C25H23N3O3S. The first-order valence-corrected chi connectivity index (χ1v) is 11.2. The summed E-state index contributed by atoms with van der Waals surface area (Å²) in [6, 6.07) is 24.3. The smallest absolute Gasteiger partial charge is 0.269 e. The van der Waals surface area contributed by atoms with E-state index in [4.69, 9.17) is 0 Å². The van der Waals surface area contributed by atoms with Gasteiger partial charge in [-0.05, 0) is 30.7 Å². The van der Waals surface area contributed by atoms with E-state index in [0.717, 1.165) is 5.52 Å². The van der Waals surface area contributed by atoms with E-state index < -0.39 is 4.92 Å². The number of nitro groups is 1. The number of hydrogen-bond donors (Lipinski definition) is 1. The van der Waals surface area contributed by atoms with Crippen molar-refractivity contribution in [2.75, 3.05) is 6.54 Å². The zero-order chi connectivity index (χ0) is 22.5. The number of nitrogens with one attached hydrogen (secondary N) is 1. The largest absolute Gasteiger partial charge is 0.350 e. The van der Waals surface area contributed by atoms with Gasteiger partial charge < -0.3 is 9.88 Å². The van der Waals surface area contributed by atoms with Crippen LogP contribution in [0.5, 0.6) is 0 Å². The molecule has 7 heteroatoms. The molecule has 0 saturated heterocycles. The molecule has 0 aliphatic heterocycles. The summed E-state index contributed by atoms with van der Waals surface area (Å²) in [5.74, 6) is -0.247. The fourth-order valence-corrected chi connectivity index (χ4v) is 4.76. The van der Waals surface area contributed by atoms with Crippen molar-refractivity contribution in [3.63, 3.8) is 0 Å². The van der Waals surface area contributed by atoms with Crippen molar-refractivity contribution in [2.24, 2.45) is 0 Å². The Labute approximate surface area is 190 Å². The maximum absolute atomic E-state index is 12.4. The second-order valence-corrected chi connectivity index (χ2v) is 8.82. The Morgan fingerprint density at radius 2 is 1.72 bits per heavy atom. The molecule has 0 spiro atoms. The number of rotatable bonds is 8. The number of nitrogens with zero attached hydrogens (tertiary/aromatic N) is 2. The molecule has 0 bridgehead atoms. The van der Waals surface area contributed by atoms with Gasteiger partial charge in [0, 0.05) is 58.0 Å². The van der Waals surface area contributed by atoms with Crippen LogP contribution >= 0.6 is 11.8 Å². The maximum Gasteiger partial charge on any atom is 0.269 e. The molecule has 162 valence electrons. The molecule has 3 aromatic carbocycles. The Morgan fingerprint density at radius 3 is 2.44 bits per heavy atom. The van der Waals surface area contributed by atoms with Crippen LogP contribution in [0.1, 0.15) is 28.1 Å². The minimum atomic E-state index is -0.479. The SMILES string of the molecule is CC(Sc1cn(CCNC(=O)c2ccc([N+](=O)[O-])cc2)c2ccccc12)c1ccccc1. The molecule has 6 nitrogen and oxygen atoms in total. The Hall–Kier alpha value is -3.58. The average Bonchev–Trinajstić information content (AvgIpc) is 3.17. The molecular weight excluding hydrogens is 422 g/mol. The molecule has 32 heavy (non-hydrogen) atoms. The molecule has 0 saturated carbocycles. The molecule has 1 N–H and O–H groups in total. The molecule has 1 atom stereocenters. The average molecular weight is 446 g/mol. The molecule has 4 rings (SSSR count). The van der Waals surface area contributed by atoms with Gasteiger partial charge in [0.1, 0.15) is 0 Å². The van der Waals surface area contributed by atoms with E-state index in [1.165, 1.54) is 40.1 Å². The van der Waals surface area contributed by atoms with Crippen molar-refractivity contribution in [3.8, 4) is 0 Å². The van der Waals surface area contributed by atoms with Crippen molar-refractivity contribution < 1.29 is 9.72 Å². The minimum absolute atomic E-state index is 0.0323. The first-order chi connectivity index (χ1) is 15.5.